The first-order valence-corrected chi connectivity index (χ1v) is 8.52. The molecular formula is C16H22N2O2S. The van der Waals surface area contributed by atoms with Crippen LogP contribution in [0.2, 0.25) is 0 Å². The van der Waals surface area contributed by atoms with Gasteiger partial charge < -0.3 is 0 Å². The molecule has 1 heterocycles. The standard InChI is InChI=1S/C16H22N2O2S/c1-11(2)15-13-9-7-6-8-12(13)14(10-17-15)21(19,20)18-16(3,4)5/h6-11,18H,1-5H3. The zero-order chi connectivity index (χ0) is 15.8. The number of pyridine rings is 1. The lowest BCUT2D eigenvalue weighted by atomic mass is 10.0. The highest BCUT2D eigenvalue weighted by molar-refractivity contribution is 7.89. The zero-order valence-electron chi connectivity index (χ0n) is 13.1. The van der Waals surface area contributed by atoms with E-state index in [0.717, 1.165) is 11.1 Å². The SMILES string of the molecule is CC(C)c1ncc(S(=O)(=O)NC(C)(C)C)c2ccccc12. The van der Waals surface area contributed by atoms with Gasteiger partial charge in [-0.3, -0.25) is 4.98 Å². The second-order valence-corrected chi connectivity index (χ2v) is 8.21. The second kappa shape index (κ2) is 5.39. The van der Waals surface area contributed by atoms with E-state index in [9.17, 15) is 8.42 Å². The summed E-state index contributed by atoms with van der Waals surface area (Å²) in [5.41, 5.74) is 0.386. The smallest absolute Gasteiger partial charge is 0.243 e. The Morgan fingerprint density at radius 3 is 2.19 bits per heavy atom. The molecule has 114 valence electrons. The molecule has 2 aromatic rings. The molecule has 1 aromatic carbocycles. The Hall–Kier alpha value is -1.46. The summed E-state index contributed by atoms with van der Waals surface area (Å²) in [6, 6.07) is 7.51. The zero-order valence-corrected chi connectivity index (χ0v) is 14.0. The van der Waals surface area contributed by atoms with E-state index >= 15 is 0 Å². The maximum absolute atomic E-state index is 12.6. The number of fused-ring (bicyclic) bond motifs is 1. The van der Waals surface area contributed by atoms with E-state index in [4.69, 9.17) is 0 Å². The normalized spacial score (nSPS) is 13.0. The molecule has 0 spiro atoms. The number of hydrogen-bond donors (Lipinski definition) is 1. The third kappa shape index (κ3) is 3.41. The van der Waals surface area contributed by atoms with Crippen molar-refractivity contribution in [3.63, 3.8) is 0 Å². The average molecular weight is 306 g/mol. The predicted molar refractivity (Wildman–Crippen MR) is 85.9 cm³/mol. The molecular weight excluding hydrogens is 284 g/mol. The van der Waals surface area contributed by atoms with Gasteiger partial charge in [0.05, 0.1) is 5.69 Å². The van der Waals surface area contributed by atoms with Gasteiger partial charge in [0.15, 0.2) is 0 Å². The maximum atomic E-state index is 12.6. The summed E-state index contributed by atoms with van der Waals surface area (Å²) in [5.74, 6) is 0.238. The Labute approximate surface area is 126 Å². The van der Waals surface area contributed by atoms with E-state index in [1.54, 1.807) is 0 Å². The Bertz CT molecular complexity index is 759. The van der Waals surface area contributed by atoms with Crippen molar-refractivity contribution in [2.45, 2.75) is 51.0 Å². The quantitative estimate of drug-likeness (QED) is 0.945. The van der Waals surface area contributed by atoms with Gasteiger partial charge in [-0.25, -0.2) is 13.1 Å². The van der Waals surface area contributed by atoms with Crippen molar-refractivity contribution in [1.29, 1.82) is 0 Å². The van der Waals surface area contributed by atoms with Crippen LogP contribution in [-0.2, 0) is 10.0 Å². The number of sulfonamides is 1. The molecule has 0 saturated carbocycles. The number of nitrogens with zero attached hydrogens (tertiary/aromatic N) is 1. The summed E-state index contributed by atoms with van der Waals surface area (Å²) in [5, 5.41) is 1.61. The van der Waals surface area contributed by atoms with E-state index < -0.39 is 15.6 Å². The monoisotopic (exact) mass is 306 g/mol. The summed E-state index contributed by atoms with van der Waals surface area (Å²) < 4.78 is 27.9. The van der Waals surface area contributed by atoms with Crippen LogP contribution in [0, 0.1) is 0 Å². The van der Waals surface area contributed by atoms with Crippen molar-refractivity contribution >= 4 is 20.8 Å². The average Bonchev–Trinajstić information content (AvgIpc) is 2.34. The van der Waals surface area contributed by atoms with Gasteiger partial charge in [-0.15, -0.1) is 0 Å². The highest BCUT2D eigenvalue weighted by Crippen LogP contribution is 2.28. The molecule has 0 aliphatic carbocycles. The van der Waals surface area contributed by atoms with Crippen LogP contribution in [0.5, 0.6) is 0 Å². The van der Waals surface area contributed by atoms with Crippen LogP contribution in [-0.4, -0.2) is 18.9 Å². The fourth-order valence-electron chi connectivity index (χ4n) is 2.32. The van der Waals surface area contributed by atoms with E-state index in [-0.39, 0.29) is 10.8 Å². The van der Waals surface area contributed by atoms with Crippen LogP contribution in [0.1, 0.15) is 46.2 Å². The van der Waals surface area contributed by atoms with Gasteiger partial charge >= 0.3 is 0 Å². The van der Waals surface area contributed by atoms with Gasteiger partial charge in [0.25, 0.3) is 0 Å². The van der Waals surface area contributed by atoms with E-state index in [1.165, 1.54) is 6.20 Å². The van der Waals surface area contributed by atoms with Crippen LogP contribution in [0.25, 0.3) is 10.8 Å². The molecule has 0 saturated heterocycles. The number of nitrogens with one attached hydrogen (secondary N) is 1. The molecule has 1 aromatic heterocycles. The molecule has 0 radical (unpaired) electrons. The molecule has 5 heteroatoms. The van der Waals surface area contributed by atoms with Gasteiger partial charge in [-0.1, -0.05) is 38.1 Å². The maximum Gasteiger partial charge on any atom is 0.243 e. The van der Waals surface area contributed by atoms with Crippen molar-refractivity contribution in [1.82, 2.24) is 9.71 Å². The van der Waals surface area contributed by atoms with E-state index in [0.29, 0.717) is 5.39 Å². The molecule has 0 aliphatic rings. The van der Waals surface area contributed by atoms with Gasteiger partial charge in [-0.05, 0) is 26.7 Å². The number of rotatable bonds is 3. The van der Waals surface area contributed by atoms with Crippen molar-refractivity contribution in [3.8, 4) is 0 Å². The summed E-state index contributed by atoms with van der Waals surface area (Å²) >= 11 is 0. The molecule has 0 bridgehead atoms. The highest BCUT2D eigenvalue weighted by Gasteiger charge is 2.25. The fraction of sp³-hybridized carbons (Fsp3) is 0.438. The van der Waals surface area contributed by atoms with E-state index in [2.05, 4.69) is 23.6 Å². The topological polar surface area (TPSA) is 59.1 Å². The molecule has 4 nitrogen and oxygen atoms in total. The number of aromatic nitrogens is 1. The summed E-state index contributed by atoms with van der Waals surface area (Å²) in [4.78, 5) is 4.62. The predicted octanol–water partition coefficient (Wildman–Crippen LogP) is 3.44. The minimum atomic E-state index is -3.60. The van der Waals surface area contributed by atoms with Crippen LogP contribution < -0.4 is 4.72 Å². The van der Waals surface area contributed by atoms with E-state index in [1.807, 2.05) is 45.0 Å². The summed E-state index contributed by atoms with van der Waals surface area (Å²) in [6.45, 7) is 9.57. The molecule has 0 atom stereocenters. The van der Waals surface area contributed by atoms with Gasteiger partial charge in [-0.2, -0.15) is 0 Å². The second-order valence-electron chi connectivity index (χ2n) is 6.56. The van der Waals surface area contributed by atoms with Crippen molar-refractivity contribution in [2.24, 2.45) is 0 Å². The number of hydrogen-bond acceptors (Lipinski definition) is 3. The van der Waals surface area contributed by atoms with Gasteiger partial charge in [0.2, 0.25) is 10.0 Å². The lowest BCUT2D eigenvalue weighted by Gasteiger charge is -2.21. The fourth-order valence-corrected chi connectivity index (χ4v) is 3.90. The van der Waals surface area contributed by atoms with Crippen molar-refractivity contribution < 1.29 is 8.42 Å². The molecule has 0 amide bonds. The first kappa shape index (κ1) is 15.9. The van der Waals surface area contributed by atoms with Crippen LogP contribution in [0.3, 0.4) is 0 Å². The molecule has 0 unspecified atom stereocenters. The minimum Gasteiger partial charge on any atom is -0.259 e. The van der Waals surface area contributed by atoms with Crippen molar-refractivity contribution in [2.75, 3.05) is 0 Å². The largest absolute Gasteiger partial charge is 0.259 e. The Balaban J connectivity index is 2.70. The Morgan fingerprint density at radius 2 is 1.67 bits per heavy atom. The first-order valence-electron chi connectivity index (χ1n) is 7.03. The van der Waals surface area contributed by atoms with Crippen LogP contribution >= 0.6 is 0 Å². The van der Waals surface area contributed by atoms with Crippen LogP contribution in [0.15, 0.2) is 35.4 Å². The third-order valence-electron chi connectivity index (χ3n) is 3.07. The first-order chi connectivity index (χ1) is 9.62. The number of benzene rings is 1. The Kier molecular flexibility index (Phi) is 4.08. The lowest BCUT2D eigenvalue weighted by Crippen LogP contribution is -2.40. The molecule has 0 aliphatic heterocycles. The van der Waals surface area contributed by atoms with Gasteiger partial charge in [0, 0.05) is 22.5 Å². The van der Waals surface area contributed by atoms with Crippen molar-refractivity contribution in [3.05, 3.63) is 36.2 Å². The van der Waals surface area contributed by atoms with Crippen LogP contribution in [0.4, 0.5) is 0 Å². The Morgan fingerprint density at radius 1 is 1.10 bits per heavy atom. The summed E-state index contributed by atoms with van der Waals surface area (Å²) in [6.07, 6.45) is 1.46. The highest BCUT2D eigenvalue weighted by atomic mass is 32.2. The molecule has 1 N–H and O–H groups in total. The molecule has 0 fully saturated rings. The molecule has 2 rings (SSSR count). The minimum absolute atomic E-state index is 0.234. The molecule has 21 heavy (non-hydrogen) atoms. The third-order valence-corrected chi connectivity index (χ3v) is 4.85. The summed E-state index contributed by atoms with van der Waals surface area (Å²) in [7, 11) is -3.60. The van der Waals surface area contributed by atoms with Gasteiger partial charge in [0.1, 0.15) is 4.90 Å². The lowest BCUT2D eigenvalue weighted by molar-refractivity contribution is 0.492.